The predicted molar refractivity (Wildman–Crippen MR) is 91.0 cm³/mol. The molecule has 5 heteroatoms. The fourth-order valence-electron chi connectivity index (χ4n) is 2.06. The first-order valence-electron chi connectivity index (χ1n) is 7.21. The minimum absolute atomic E-state index is 0.295. The number of hydrogen-bond acceptors (Lipinski definition) is 3. The van der Waals surface area contributed by atoms with E-state index in [0.29, 0.717) is 6.04 Å². The lowest BCUT2D eigenvalue weighted by molar-refractivity contribution is 0.195. The fourth-order valence-corrected chi connectivity index (χ4v) is 2.35. The van der Waals surface area contributed by atoms with Crippen LogP contribution in [-0.2, 0) is 11.2 Å². The van der Waals surface area contributed by atoms with Crippen LogP contribution >= 0.6 is 12.2 Å². The van der Waals surface area contributed by atoms with E-state index in [0.717, 1.165) is 36.9 Å². The van der Waals surface area contributed by atoms with Crippen LogP contribution in [0.1, 0.15) is 18.9 Å². The van der Waals surface area contributed by atoms with Gasteiger partial charge in [0, 0.05) is 33.4 Å². The van der Waals surface area contributed by atoms with Crippen molar-refractivity contribution in [1.82, 2.24) is 10.2 Å². The average Bonchev–Trinajstić information content (AvgIpc) is 2.51. The molecule has 0 saturated carbocycles. The Bertz CT molecular complexity index is 440. The van der Waals surface area contributed by atoms with Gasteiger partial charge in [0.05, 0.1) is 7.11 Å². The van der Waals surface area contributed by atoms with E-state index in [9.17, 15) is 0 Å². The van der Waals surface area contributed by atoms with Crippen molar-refractivity contribution < 1.29 is 9.47 Å². The second-order valence-corrected chi connectivity index (χ2v) is 5.44. The van der Waals surface area contributed by atoms with Crippen molar-refractivity contribution in [3.05, 3.63) is 29.8 Å². The Morgan fingerprint density at radius 1 is 1.33 bits per heavy atom. The SMILES string of the molecule is COCCCNC(=S)N(C)C(C)Cc1ccccc1OC. The van der Waals surface area contributed by atoms with Crippen LogP contribution in [0.4, 0.5) is 0 Å². The number of likely N-dealkylation sites (N-methyl/N-ethyl adjacent to an activating group) is 1. The molecule has 1 N–H and O–H groups in total. The summed E-state index contributed by atoms with van der Waals surface area (Å²) in [4.78, 5) is 2.09. The van der Waals surface area contributed by atoms with Gasteiger partial charge in [0.2, 0.25) is 0 Å². The standard InChI is InChI=1S/C16H26N2O2S/c1-13(12-14-8-5-6-9-15(14)20-4)18(2)16(21)17-10-7-11-19-3/h5-6,8-9,13H,7,10-12H2,1-4H3,(H,17,21). The summed E-state index contributed by atoms with van der Waals surface area (Å²) in [5.41, 5.74) is 1.20. The highest BCUT2D eigenvalue weighted by Gasteiger charge is 2.14. The smallest absolute Gasteiger partial charge is 0.168 e. The number of nitrogens with zero attached hydrogens (tertiary/aromatic N) is 1. The number of hydrogen-bond donors (Lipinski definition) is 1. The van der Waals surface area contributed by atoms with E-state index in [1.807, 2.05) is 25.2 Å². The van der Waals surface area contributed by atoms with E-state index in [2.05, 4.69) is 23.2 Å². The molecule has 0 amide bonds. The Labute approximate surface area is 133 Å². The van der Waals surface area contributed by atoms with Crippen LogP contribution < -0.4 is 10.1 Å². The molecule has 21 heavy (non-hydrogen) atoms. The second-order valence-electron chi connectivity index (χ2n) is 5.05. The van der Waals surface area contributed by atoms with Crippen LogP contribution in [0.15, 0.2) is 24.3 Å². The third-order valence-corrected chi connectivity index (χ3v) is 3.92. The quantitative estimate of drug-likeness (QED) is 0.589. The predicted octanol–water partition coefficient (Wildman–Crippen LogP) is 2.47. The second kappa shape index (κ2) is 9.58. The topological polar surface area (TPSA) is 33.7 Å². The number of para-hydroxylation sites is 1. The van der Waals surface area contributed by atoms with Gasteiger partial charge in [-0.25, -0.2) is 0 Å². The summed E-state index contributed by atoms with van der Waals surface area (Å²) in [5.74, 6) is 0.928. The zero-order valence-electron chi connectivity index (χ0n) is 13.4. The number of methoxy groups -OCH3 is 2. The maximum atomic E-state index is 5.42. The highest BCUT2D eigenvalue weighted by atomic mass is 32.1. The number of thiocarbonyl (C=S) groups is 1. The molecular weight excluding hydrogens is 284 g/mol. The molecule has 0 aliphatic heterocycles. The van der Waals surface area contributed by atoms with E-state index in [1.54, 1.807) is 14.2 Å². The van der Waals surface area contributed by atoms with Gasteiger partial charge in [0.15, 0.2) is 5.11 Å². The van der Waals surface area contributed by atoms with Crippen molar-refractivity contribution in [3.63, 3.8) is 0 Å². The van der Waals surface area contributed by atoms with Crippen LogP contribution in [0, 0.1) is 0 Å². The van der Waals surface area contributed by atoms with Gasteiger partial charge in [-0.15, -0.1) is 0 Å². The maximum absolute atomic E-state index is 5.42. The zero-order chi connectivity index (χ0) is 15.7. The van der Waals surface area contributed by atoms with Crippen LogP contribution in [0.2, 0.25) is 0 Å². The van der Waals surface area contributed by atoms with Crippen molar-refractivity contribution >= 4 is 17.3 Å². The van der Waals surface area contributed by atoms with Crippen molar-refractivity contribution in [3.8, 4) is 5.75 Å². The summed E-state index contributed by atoms with van der Waals surface area (Å²) >= 11 is 5.42. The highest BCUT2D eigenvalue weighted by Crippen LogP contribution is 2.20. The number of nitrogens with one attached hydrogen (secondary N) is 1. The first kappa shape index (κ1) is 17.7. The number of rotatable bonds is 8. The van der Waals surface area contributed by atoms with Crippen LogP contribution in [-0.4, -0.2) is 50.5 Å². The molecule has 0 saturated heterocycles. The van der Waals surface area contributed by atoms with Crippen LogP contribution in [0.5, 0.6) is 5.75 Å². The lowest BCUT2D eigenvalue weighted by Gasteiger charge is -2.28. The normalized spacial score (nSPS) is 11.8. The van der Waals surface area contributed by atoms with Crippen molar-refractivity contribution in [2.24, 2.45) is 0 Å². The lowest BCUT2D eigenvalue weighted by atomic mass is 10.1. The highest BCUT2D eigenvalue weighted by molar-refractivity contribution is 7.80. The first-order valence-corrected chi connectivity index (χ1v) is 7.62. The summed E-state index contributed by atoms with van der Waals surface area (Å²) in [7, 11) is 5.43. The molecule has 4 nitrogen and oxygen atoms in total. The Balaban J connectivity index is 2.49. The Kier molecular flexibility index (Phi) is 8.08. The summed E-state index contributed by atoms with van der Waals surface area (Å²) < 4.78 is 10.4. The molecule has 0 aliphatic carbocycles. The summed E-state index contributed by atoms with van der Waals surface area (Å²) in [6, 6.07) is 8.40. The van der Waals surface area contributed by atoms with E-state index in [1.165, 1.54) is 5.56 Å². The molecule has 1 aromatic rings. The van der Waals surface area contributed by atoms with Gasteiger partial charge in [0.25, 0.3) is 0 Å². The molecule has 0 aromatic heterocycles. The molecule has 0 heterocycles. The molecule has 1 rings (SSSR count). The van der Waals surface area contributed by atoms with E-state index < -0.39 is 0 Å². The van der Waals surface area contributed by atoms with E-state index in [-0.39, 0.29) is 0 Å². The van der Waals surface area contributed by atoms with Crippen molar-refractivity contribution in [2.45, 2.75) is 25.8 Å². The minimum atomic E-state index is 0.295. The van der Waals surface area contributed by atoms with Gasteiger partial charge in [-0.1, -0.05) is 18.2 Å². The largest absolute Gasteiger partial charge is 0.496 e. The molecule has 0 spiro atoms. The minimum Gasteiger partial charge on any atom is -0.496 e. The fraction of sp³-hybridized carbons (Fsp3) is 0.562. The number of benzene rings is 1. The molecule has 1 aromatic carbocycles. The van der Waals surface area contributed by atoms with Crippen LogP contribution in [0.25, 0.3) is 0 Å². The molecule has 1 unspecified atom stereocenters. The van der Waals surface area contributed by atoms with E-state index >= 15 is 0 Å². The first-order chi connectivity index (χ1) is 10.1. The number of ether oxygens (including phenoxy) is 2. The van der Waals surface area contributed by atoms with Gasteiger partial charge < -0.3 is 19.7 Å². The summed E-state index contributed by atoms with van der Waals surface area (Å²) in [6.07, 6.45) is 1.84. The van der Waals surface area contributed by atoms with Crippen molar-refractivity contribution in [2.75, 3.05) is 34.4 Å². The Hall–Kier alpha value is -1.33. The molecule has 1 atom stereocenters. The summed E-state index contributed by atoms with van der Waals surface area (Å²) in [5, 5.41) is 4.03. The monoisotopic (exact) mass is 310 g/mol. The molecule has 0 aliphatic rings. The Morgan fingerprint density at radius 3 is 2.71 bits per heavy atom. The van der Waals surface area contributed by atoms with Crippen molar-refractivity contribution in [1.29, 1.82) is 0 Å². The molecule has 118 valence electrons. The van der Waals surface area contributed by atoms with Gasteiger partial charge in [-0.2, -0.15) is 0 Å². The molecular formula is C16H26N2O2S. The van der Waals surface area contributed by atoms with Gasteiger partial charge in [0.1, 0.15) is 5.75 Å². The van der Waals surface area contributed by atoms with Crippen LogP contribution in [0.3, 0.4) is 0 Å². The molecule has 0 fully saturated rings. The van der Waals surface area contributed by atoms with Gasteiger partial charge in [-0.3, -0.25) is 0 Å². The van der Waals surface area contributed by atoms with Gasteiger partial charge in [-0.05, 0) is 43.6 Å². The lowest BCUT2D eigenvalue weighted by Crippen LogP contribution is -2.43. The third kappa shape index (κ3) is 5.89. The molecule has 0 radical (unpaired) electrons. The van der Waals surface area contributed by atoms with E-state index in [4.69, 9.17) is 21.7 Å². The van der Waals surface area contributed by atoms with Gasteiger partial charge >= 0.3 is 0 Å². The Morgan fingerprint density at radius 2 is 2.05 bits per heavy atom. The molecule has 0 bridgehead atoms. The average molecular weight is 310 g/mol. The maximum Gasteiger partial charge on any atom is 0.168 e. The summed E-state index contributed by atoms with van der Waals surface area (Å²) in [6.45, 7) is 3.74. The third-order valence-electron chi connectivity index (χ3n) is 3.49. The zero-order valence-corrected chi connectivity index (χ0v) is 14.2.